The van der Waals surface area contributed by atoms with Gasteiger partial charge in [-0.2, -0.15) is 0 Å². The average molecular weight is 348 g/mol. The molecule has 0 aromatic heterocycles. The summed E-state index contributed by atoms with van der Waals surface area (Å²) in [5.41, 5.74) is 0.0543. The van der Waals surface area contributed by atoms with E-state index in [9.17, 15) is 9.59 Å². The van der Waals surface area contributed by atoms with Gasteiger partial charge >= 0.3 is 6.09 Å². The molecule has 2 amide bonds. The smallest absolute Gasteiger partial charge is 0.416 e. The number of imide groups is 1. The lowest BCUT2D eigenvalue weighted by atomic mass is 9.86. The number of amides is 2. The van der Waals surface area contributed by atoms with E-state index in [2.05, 4.69) is 32.2 Å². The minimum atomic E-state index is -1.79. The van der Waals surface area contributed by atoms with Crippen molar-refractivity contribution >= 4 is 25.3 Å². The summed E-state index contributed by atoms with van der Waals surface area (Å²) in [7, 11) is -1.79. The number of benzene rings is 1. The lowest BCUT2D eigenvalue weighted by Crippen LogP contribution is -2.49. The second-order valence-corrected chi connectivity index (χ2v) is 13.4. The van der Waals surface area contributed by atoms with Gasteiger partial charge in [0.05, 0.1) is 14.1 Å². The topological polar surface area (TPSA) is 46.6 Å². The van der Waals surface area contributed by atoms with E-state index in [1.54, 1.807) is 0 Å². The molecule has 1 saturated heterocycles. The zero-order chi connectivity index (χ0) is 18.1. The third-order valence-electron chi connectivity index (χ3n) is 5.37. The number of hydrogen-bond acceptors (Lipinski definition) is 3. The van der Waals surface area contributed by atoms with Crippen LogP contribution in [0, 0.1) is 5.41 Å². The van der Waals surface area contributed by atoms with Crippen molar-refractivity contribution in [2.24, 2.45) is 5.41 Å². The van der Waals surface area contributed by atoms with Crippen LogP contribution in [0.2, 0.25) is 18.6 Å². The normalized spacial score (nSPS) is 20.0. The molecule has 1 aliphatic heterocycles. The first kappa shape index (κ1) is 18.7. The van der Waals surface area contributed by atoms with Crippen LogP contribution >= 0.6 is 0 Å². The summed E-state index contributed by atoms with van der Waals surface area (Å²) >= 11 is 0. The van der Waals surface area contributed by atoms with Crippen molar-refractivity contribution in [2.45, 2.75) is 58.8 Å². The van der Waals surface area contributed by atoms with Crippen molar-refractivity contribution in [1.29, 1.82) is 0 Å². The fraction of sp³-hybridized carbons (Fsp3) is 0.579. The molecule has 0 saturated carbocycles. The Morgan fingerprint density at radius 3 is 2.42 bits per heavy atom. The van der Waals surface area contributed by atoms with Crippen molar-refractivity contribution in [3.05, 3.63) is 30.3 Å². The standard InChI is InChI=1S/C19H29NO3Si/c1-14(24(5,6)15-10-8-7-9-11-15)12-17(21)20-16(19(2,3)4)13-23-18(20)22/h7-11,14,16H,12-13H2,1-6H3/t14-,16-/m1/s1. The van der Waals surface area contributed by atoms with Crippen LogP contribution in [0.3, 0.4) is 0 Å². The van der Waals surface area contributed by atoms with Crippen molar-refractivity contribution in [1.82, 2.24) is 4.90 Å². The number of cyclic esters (lactones) is 1. The number of ether oxygens (including phenoxy) is 1. The molecule has 0 N–H and O–H groups in total. The maximum atomic E-state index is 12.8. The van der Waals surface area contributed by atoms with Gasteiger partial charge in [-0.05, 0) is 11.0 Å². The molecule has 0 radical (unpaired) electrons. The summed E-state index contributed by atoms with van der Waals surface area (Å²) in [5, 5.41) is 1.33. The Balaban J connectivity index is 2.15. The molecule has 2 atom stereocenters. The van der Waals surface area contributed by atoms with E-state index in [4.69, 9.17) is 4.74 Å². The molecule has 1 aromatic carbocycles. The summed E-state index contributed by atoms with van der Waals surface area (Å²) in [6, 6.07) is 10.2. The predicted octanol–water partition coefficient (Wildman–Crippen LogP) is 3.78. The van der Waals surface area contributed by atoms with Crippen LogP contribution < -0.4 is 5.19 Å². The Morgan fingerprint density at radius 1 is 1.29 bits per heavy atom. The van der Waals surface area contributed by atoms with E-state index >= 15 is 0 Å². The van der Waals surface area contributed by atoms with Crippen LogP contribution in [0.4, 0.5) is 4.79 Å². The van der Waals surface area contributed by atoms with Crippen molar-refractivity contribution < 1.29 is 14.3 Å². The van der Waals surface area contributed by atoms with Crippen molar-refractivity contribution in [3.8, 4) is 0 Å². The summed E-state index contributed by atoms with van der Waals surface area (Å²) < 4.78 is 5.16. The van der Waals surface area contributed by atoms with Crippen LogP contribution in [0.15, 0.2) is 30.3 Å². The molecule has 5 heteroatoms. The van der Waals surface area contributed by atoms with Crippen LogP contribution in [-0.2, 0) is 9.53 Å². The number of rotatable bonds is 4. The second-order valence-electron chi connectivity index (χ2n) is 8.42. The second kappa shape index (κ2) is 6.71. The van der Waals surface area contributed by atoms with E-state index in [1.807, 2.05) is 39.0 Å². The van der Waals surface area contributed by atoms with Crippen LogP contribution in [0.1, 0.15) is 34.1 Å². The van der Waals surface area contributed by atoms with E-state index in [0.717, 1.165) is 0 Å². The van der Waals surface area contributed by atoms with Crippen LogP contribution in [-0.4, -0.2) is 37.6 Å². The largest absolute Gasteiger partial charge is 0.447 e. The van der Waals surface area contributed by atoms with Gasteiger partial charge in [-0.25, -0.2) is 9.69 Å². The van der Waals surface area contributed by atoms with Crippen molar-refractivity contribution in [3.63, 3.8) is 0 Å². The molecule has 0 unspecified atom stereocenters. The van der Waals surface area contributed by atoms with Gasteiger partial charge in [-0.1, -0.05) is 76.3 Å². The summed E-state index contributed by atoms with van der Waals surface area (Å²) in [6.45, 7) is 13.1. The Morgan fingerprint density at radius 2 is 1.88 bits per heavy atom. The monoisotopic (exact) mass is 347 g/mol. The molecule has 1 aromatic rings. The molecule has 2 rings (SSSR count). The molecule has 4 nitrogen and oxygen atoms in total. The van der Waals surface area contributed by atoms with Gasteiger partial charge in [-0.15, -0.1) is 0 Å². The molecule has 0 aliphatic carbocycles. The highest BCUT2D eigenvalue weighted by Gasteiger charge is 2.45. The Kier molecular flexibility index (Phi) is 5.23. The molecule has 0 spiro atoms. The zero-order valence-corrected chi connectivity index (χ0v) is 16.6. The first-order valence-electron chi connectivity index (χ1n) is 8.59. The first-order chi connectivity index (χ1) is 11.0. The quantitative estimate of drug-likeness (QED) is 0.779. The summed E-state index contributed by atoms with van der Waals surface area (Å²) in [6.07, 6.45) is -0.109. The van der Waals surface area contributed by atoms with Gasteiger partial charge in [0, 0.05) is 6.42 Å². The molecule has 24 heavy (non-hydrogen) atoms. The third-order valence-corrected chi connectivity index (χ3v) is 9.86. The highest BCUT2D eigenvalue weighted by Crippen LogP contribution is 2.32. The highest BCUT2D eigenvalue weighted by molar-refractivity contribution is 6.91. The summed E-state index contributed by atoms with van der Waals surface area (Å²) in [5.74, 6) is -0.110. The molecule has 1 heterocycles. The lowest BCUT2D eigenvalue weighted by molar-refractivity contribution is -0.130. The molecule has 0 bridgehead atoms. The average Bonchev–Trinajstić information content (AvgIpc) is 2.90. The van der Waals surface area contributed by atoms with Gasteiger partial charge < -0.3 is 4.74 Å². The van der Waals surface area contributed by atoms with Crippen molar-refractivity contribution in [2.75, 3.05) is 6.61 Å². The van der Waals surface area contributed by atoms with Crippen LogP contribution in [0.5, 0.6) is 0 Å². The maximum absolute atomic E-state index is 12.8. The maximum Gasteiger partial charge on any atom is 0.416 e. The zero-order valence-electron chi connectivity index (χ0n) is 15.6. The predicted molar refractivity (Wildman–Crippen MR) is 99.0 cm³/mol. The molecular formula is C19H29NO3Si. The van der Waals surface area contributed by atoms with Gasteiger partial charge in [-0.3, -0.25) is 4.79 Å². The summed E-state index contributed by atoms with van der Waals surface area (Å²) in [4.78, 5) is 26.3. The molecule has 1 fully saturated rings. The van der Waals surface area contributed by atoms with E-state index < -0.39 is 14.2 Å². The highest BCUT2D eigenvalue weighted by atomic mass is 28.3. The Labute approximate surface area is 146 Å². The number of carbonyl (C=O) groups is 2. The van der Waals surface area contributed by atoms with E-state index in [1.165, 1.54) is 10.1 Å². The lowest BCUT2D eigenvalue weighted by Gasteiger charge is -2.34. The van der Waals surface area contributed by atoms with Crippen LogP contribution in [0.25, 0.3) is 0 Å². The Bertz CT molecular complexity index is 607. The first-order valence-corrected chi connectivity index (χ1v) is 11.7. The minimum Gasteiger partial charge on any atom is -0.447 e. The number of hydrogen-bond donors (Lipinski definition) is 0. The molecule has 1 aliphatic rings. The molecular weight excluding hydrogens is 318 g/mol. The number of carbonyl (C=O) groups excluding carboxylic acids is 2. The van der Waals surface area contributed by atoms with E-state index in [0.29, 0.717) is 13.0 Å². The Hall–Kier alpha value is -1.62. The van der Waals surface area contributed by atoms with Gasteiger partial charge in [0.2, 0.25) is 5.91 Å². The van der Waals surface area contributed by atoms with Gasteiger partial charge in [0.25, 0.3) is 0 Å². The number of nitrogens with zero attached hydrogens (tertiary/aromatic N) is 1. The van der Waals surface area contributed by atoms with Gasteiger partial charge in [0.1, 0.15) is 6.61 Å². The van der Waals surface area contributed by atoms with E-state index in [-0.39, 0.29) is 22.9 Å². The van der Waals surface area contributed by atoms with Gasteiger partial charge in [0.15, 0.2) is 0 Å². The molecule has 132 valence electrons. The fourth-order valence-electron chi connectivity index (χ4n) is 3.10. The fourth-order valence-corrected chi connectivity index (χ4v) is 5.41. The minimum absolute atomic E-state index is 0.110. The third kappa shape index (κ3) is 3.72. The SMILES string of the molecule is C[C@H](CC(=O)N1C(=O)OC[C@@H]1C(C)(C)C)[Si](C)(C)c1ccccc1.